The molecule has 0 aromatic heterocycles. The van der Waals surface area contributed by atoms with Crippen LogP contribution in [0.3, 0.4) is 0 Å². The molecule has 2 nitrogen and oxygen atoms in total. The van der Waals surface area contributed by atoms with Gasteiger partial charge in [-0.1, -0.05) is 38.1 Å². The van der Waals surface area contributed by atoms with Crippen molar-refractivity contribution in [2.75, 3.05) is 5.43 Å². The van der Waals surface area contributed by atoms with E-state index in [0.717, 1.165) is 24.9 Å². The highest BCUT2D eigenvalue weighted by molar-refractivity contribution is 5.86. The van der Waals surface area contributed by atoms with Crippen molar-refractivity contribution in [3.05, 3.63) is 43.0 Å². The molecule has 0 saturated carbocycles. The van der Waals surface area contributed by atoms with E-state index in [-0.39, 0.29) is 0 Å². The van der Waals surface area contributed by atoms with E-state index in [1.165, 1.54) is 5.71 Å². The summed E-state index contributed by atoms with van der Waals surface area (Å²) >= 11 is 0. The zero-order valence-corrected chi connectivity index (χ0v) is 10.8. The van der Waals surface area contributed by atoms with Crippen LogP contribution in [0.2, 0.25) is 0 Å². The van der Waals surface area contributed by atoms with Crippen molar-refractivity contribution in [2.45, 2.75) is 33.1 Å². The standard InChI is InChI=1S/C15H22N2/c1-4-5-7-12-15(13(2)3)17-16-14-10-8-6-9-11-14/h4,6,8-11,13,16H,1,5,7,12H2,2-3H3/b17-15-. The molecule has 0 aliphatic carbocycles. The van der Waals surface area contributed by atoms with Gasteiger partial charge in [-0.05, 0) is 37.3 Å². The van der Waals surface area contributed by atoms with Crippen molar-refractivity contribution < 1.29 is 0 Å². The van der Waals surface area contributed by atoms with Crippen molar-refractivity contribution >= 4 is 11.4 Å². The highest BCUT2D eigenvalue weighted by atomic mass is 15.3. The zero-order valence-electron chi connectivity index (χ0n) is 10.8. The van der Waals surface area contributed by atoms with Crippen LogP contribution >= 0.6 is 0 Å². The number of rotatable bonds is 7. The monoisotopic (exact) mass is 230 g/mol. The molecule has 0 atom stereocenters. The van der Waals surface area contributed by atoms with Crippen molar-refractivity contribution in [2.24, 2.45) is 11.0 Å². The summed E-state index contributed by atoms with van der Waals surface area (Å²) in [5, 5.41) is 4.50. The van der Waals surface area contributed by atoms with E-state index in [0.29, 0.717) is 5.92 Å². The molecule has 1 aromatic rings. The van der Waals surface area contributed by atoms with Gasteiger partial charge in [-0.25, -0.2) is 0 Å². The Kier molecular flexibility index (Phi) is 6.08. The topological polar surface area (TPSA) is 24.4 Å². The zero-order chi connectivity index (χ0) is 12.5. The molecule has 1 N–H and O–H groups in total. The first-order valence-corrected chi connectivity index (χ1v) is 6.22. The second kappa shape index (κ2) is 7.66. The maximum atomic E-state index is 4.50. The number of hydrazone groups is 1. The third kappa shape index (κ3) is 5.34. The van der Waals surface area contributed by atoms with Crippen LogP contribution in [-0.2, 0) is 0 Å². The first-order valence-electron chi connectivity index (χ1n) is 6.22. The fraction of sp³-hybridized carbons (Fsp3) is 0.400. The quantitative estimate of drug-likeness (QED) is 0.318. The lowest BCUT2D eigenvalue weighted by atomic mass is 10.0. The van der Waals surface area contributed by atoms with E-state index in [4.69, 9.17) is 0 Å². The lowest BCUT2D eigenvalue weighted by Gasteiger charge is -2.10. The Morgan fingerprint density at radius 3 is 2.65 bits per heavy atom. The first-order chi connectivity index (χ1) is 8.24. The first kappa shape index (κ1) is 13.5. The Morgan fingerprint density at radius 1 is 1.35 bits per heavy atom. The van der Waals surface area contributed by atoms with Gasteiger partial charge in [-0.2, -0.15) is 5.10 Å². The van der Waals surface area contributed by atoms with E-state index in [2.05, 4.69) is 31.0 Å². The van der Waals surface area contributed by atoms with E-state index in [9.17, 15) is 0 Å². The lowest BCUT2D eigenvalue weighted by molar-refractivity contribution is 0.801. The van der Waals surface area contributed by atoms with Gasteiger partial charge >= 0.3 is 0 Å². The molecule has 0 heterocycles. The number of nitrogens with one attached hydrogen (secondary N) is 1. The Labute approximate surface area is 104 Å². The Bertz CT molecular complexity index is 352. The summed E-state index contributed by atoms with van der Waals surface area (Å²) in [7, 11) is 0. The SMILES string of the molecule is C=CCCC/C(=N/Nc1ccccc1)C(C)C. The van der Waals surface area contributed by atoms with E-state index in [1.807, 2.05) is 36.4 Å². The second-order valence-electron chi connectivity index (χ2n) is 4.42. The van der Waals surface area contributed by atoms with E-state index >= 15 is 0 Å². The average Bonchev–Trinajstić information content (AvgIpc) is 2.34. The van der Waals surface area contributed by atoms with Crippen LogP contribution in [0.4, 0.5) is 5.69 Å². The Morgan fingerprint density at radius 2 is 2.06 bits per heavy atom. The Hall–Kier alpha value is -1.57. The third-order valence-corrected chi connectivity index (χ3v) is 2.61. The molecular weight excluding hydrogens is 208 g/mol. The molecule has 2 heteroatoms. The van der Waals surface area contributed by atoms with Gasteiger partial charge in [0.25, 0.3) is 0 Å². The van der Waals surface area contributed by atoms with Crippen LogP contribution in [-0.4, -0.2) is 5.71 Å². The fourth-order valence-electron chi connectivity index (χ4n) is 1.55. The minimum absolute atomic E-state index is 0.482. The minimum atomic E-state index is 0.482. The molecular formula is C15H22N2. The molecule has 0 fully saturated rings. The van der Waals surface area contributed by atoms with Crippen molar-refractivity contribution in [3.8, 4) is 0 Å². The number of para-hydroxylation sites is 1. The van der Waals surface area contributed by atoms with Gasteiger partial charge in [0.1, 0.15) is 0 Å². The van der Waals surface area contributed by atoms with Crippen LogP contribution in [0.25, 0.3) is 0 Å². The Balaban J connectivity index is 2.54. The van der Waals surface area contributed by atoms with Crippen molar-refractivity contribution in [1.29, 1.82) is 0 Å². The summed E-state index contributed by atoms with van der Waals surface area (Å²) in [4.78, 5) is 0. The predicted molar refractivity (Wildman–Crippen MR) is 76.4 cm³/mol. The van der Waals surface area contributed by atoms with Gasteiger partial charge in [-0.15, -0.1) is 6.58 Å². The smallest absolute Gasteiger partial charge is 0.0561 e. The maximum absolute atomic E-state index is 4.50. The number of hydrogen-bond acceptors (Lipinski definition) is 2. The van der Waals surface area contributed by atoms with Gasteiger partial charge in [0.15, 0.2) is 0 Å². The molecule has 0 bridgehead atoms. The number of nitrogens with zero attached hydrogens (tertiary/aromatic N) is 1. The summed E-state index contributed by atoms with van der Waals surface area (Å²) in [6.45, 7) is 8.10. The number of hydrogen-bond donors (Lipinski definition) is 1. The molecule has 1 aromatic carbocycles. The second-order valence-corrected chi connectivity index (χ2v) is 4.42. The molecule has 0 aliphatic rings. The molecule has 0 unspecified atom stereocenters. The molecule has 0 radical (unpaired) electrons. The van der Waals surface area contributed by atoms with Gasteiger partial charge in [0.05, 0.1) is 5.69 Å². The van der Waals surface area contributed by atoms with Gasteiger partial charge < -0.3 is 0 Å². The lowest BCUT2D eigenvalue weighted by Crippen LogP contribution is -2.10. The summed E-state index contributed by atoms with van der Waals surface area (Å²) in [6, 6.07) is 10.0. The molecule has 0 saturated heterocycles. The highest BCUT2D eigenvalue weighted by Crippen LogP contribution is 2.10. The van der Waals surface area contributed by atoms with Gasteiger partial charge in [0.2, 0.25) is 0 Å². The molecule has 0 spiro atoms. The van der Waals surface area contributed by atoms with Crippen LogP contribution in [0.15, 0.2) is 48.1 Å². The largest absolute Gasteiger partial charge is 0.279 e. The van der Waals surface area contributed by atoms with E-state index < -0.39 is 0 Å². The van der Waals surface area contributed by atoms with Crippen LogP contribution < -0.4 is 5.43 Å². The molecule has 17 heavy (non-hydrogen) atoms. The van der Waals surface area contributed by atoms with Crippen molar-refractivity contribution in [1.82, 2.24) is 0 Å². The summed E-state index contributed by atoms with van der Waals surface area (Å²) in [5.41, 5.74) is 5.37. The number of allylic oxidation sites excluding steroid dienone is 1. The maximum Gasteiger partial charge on any atom is 0.0561 e. The van der Waals surface area contributed by atoms with Gasteiger partial charge in [0, 0.05) is 5.71 Å². The molecule has 92 valence electrons. The molecule has 0 amide bonds. The molecule has 1 rings (SSSR count). The van der Waals surface area contributed by atoms with Gasteiger partial charge in [-0.3, -0.25) is 5.43 Å². The molecule has 0 aliphatic heterocycles. The van der Waals surface area contributed by atoms with Crippen LogP contribution in [0, 0.1) is 5.92 Å². The summed E-state index contributed by atoms with van der Waals surface area (Å²) in [5.74, 6) is 0.482. The number of benzene rings is 1. The van der Waals surface area contributed by atoms with Crippen LogP contribution in [0.1, 0.15) is 33.1 Å². The third-order valence-electron chi connectivity index (χ3n) is 2.61. The average molecular weight is 230 g/mol. The fourth-order valence-corrected chi connectivity index (χ4v) is 1.55. The van der Waals surface area contributed by atoms with Crippen LogP contribution in [0.5, 0.6) is 0 Å². The predicted octanol–water partition coefficient (Wildman–Crippen LogP) is 4.47. The van der Waals surface area contributed by atoms with E-state index in [1.54, 1.807) is 0 Å². The summed E-state index contributed by atoms with van der Waals surface area (Å²) in [6.07, 6.45) is 5.17. The normalized spacial score (nSPS) is 11.6. The highest BCUT2D eigenvalue weighted by Gasteiger charge is 2.04. The minimum Gasteiger partial charge on any atom is -0.279 e. The number of anilines is 1. The number of unbranched alkanes of at least 4 members (excludes halogenated alkanes) is 1. The van der Waals surface area contributed by atoms with Crippen molar-refractivity contribution in [3.63, 3.8) is 0 Å². The summed E-state index contributed by atoms with van der Waals surface area (Å²) < 4.78 is 0.